The van der Waals surface area contributed by atoms with Crippen LogP contribution in [-0.2, 0) is 4.79 Å². The fourth-order valence-electron chi connectivity index (χ4n) is 8.12. The summed E-state index contributed by atoms with van der Waals surface area (Å²) in [5.41, 5.74) is -0.274. The summed E-state index contributed by atoms with van der Waals surface area (Å²) in [6.45, 7) is 4.06. The first-order valence-corrected chi connectivity index (χ1v) is 14.7. The lowest BCUT2D eigenvalue weighted by molar-refractivity contribution is -0.362. The Bertz CT molecular complexity index is 1330. The average molecular weight is 593 g/mol. The topological polar surface area (TPSA) is 78.4 Å². The van der Waals surface area contributed by atoms with Gasteiger partial charge >= 0.3 is 18.1 Å². The summed E-state index contributed by atoms with van der Waals surface area (Å²) < 4.78 is 71.4. The third-order valence-corrected chi connectivity index (χ3v) is 10.1. The second-order valence-corrected chi connectivity index (χ2v) is 12.3. The summed E-state index contributed by atoms with van der Waals surface area (Å²) in [5.74, 6) is -6.48. The van der Waals surface area contributed by atoms with Gasteiger partial charge in [0.25, 0.3) is 0 Å². The number of benzene rings is 1. The highest BCUT2D eigenvalue weighted by atomic mass is 19.4. The summed E-state index contributed by atoms with van der Waals surface area (Å²) in [7, 11) is 0. The lowest BCUT2D eigenvalue weighted by Crippen LogP contribution is -2.65. The fraction of sp³-hybridized carbons (Fsp3) is 0.562. The number of aliphatic hydroxyl groups is 1. The van der Waals surface area contributed by atoms with E-state index in [1.54, 1.807) is 12.2 Å². The number of rotatable bonds is 6. The van der Waals surface area contributed by atoms with Crippen molar-refractivity contribution in [1.82, 2.24) is 10.6 Å². The summed E-state index contributed by atoms with van der Waals surface area (Å²) in [6, 6.07) is 7.14. The zero-order chi connectivity index (χ0) is 30.5. The van der Waals surface area contributed by atoms with Crippen molar-refractivity contribution in [2.75, 3.05) is 13.1 Å². The van der Waals surface area contributed by atoms with Crippen LogP contribution >= 0.6 is 0 Å². The Morgan fingerprint density at radius 1 is 1.07 bits per heavy atom. The van der Waals surface area contributed by atoms with E-state index in [0.29, 0.717) is 38.8 Å². The van der Waals surface area contributed by atoms with Gasteiger partial charge in [0, 0.05) is 30.8 Å². The molecule has 0 radical (unpaired) electrons. The highest BCUT2D eigenvalue weighted by Crippen LogP contribution is 2.70. The normalized spacial score (nSPS) is 31.4. The number of urea groups is 1. The molecule has 5 atom stereocenters. The number of carbonyl (C=O) groups is 2. The van der Waals surface area contributed by atoms with Gasteiger partial charge in [0.2, 0.25) is 0 Å². The monoisotopic (exact) mass is 592 g/mol. The molecule has 0 aliphatic heterocycles. The maximum absolute atomic E-state index is 15.1. The van der Waals surface area contributed by atoms with Crippen LogP contribution in [0.4, 0.5) is 26.7 Å². The molecule has 1 aromatic rings. The lowest BCUT2D eigenvalue weighted by Gasteiger charge is -2.56. The first-order valence-electron chi connectivity index (χ1n) is 14.7. The van der Waals surface area contributed by atoms with E-state index in [-0.39, 0.29) is 30.6 Å². The second-order valence-electron chi connectivity index (χ2n) is 12.3. The molecule has 1 aromatic carbocycles. The molecule has 2 unspecified atom stereocenters. The van der Waals surface area contributed by atoms with Gasteiger partial charge in [-0.3, -0.25) is 4.79 Å². The van der Waals surface area contributed by atoms with Crippen molar-refractivity contribution in [3.63, 3.8) is 0 Å². The predicted octanol–water partition coefficient (Wildman–Crippen LogP) is 6.85. The molecule has 0 aromatic heterocycles. The molecule has 0 saturated heterocycles. The van der Waals surface area contributed by atoms with Crippen LogP contribution < -0.4 is 10.6 Å². The second kappa shape index (κ2) is 10.9. The standard InChI is InChI=1S/C32H37F5N2O3/c1-3-38-28(41)39-16-4-5-19-6-8-20(9-7-19)25-18-29(2)26(14-15-30(29,42)31(33,34)32(35,36)37)24-12-10-21-17-22(40)11-13-23(21)27(24)25/h4-9,17,24-26,42H,3,10-16,18H2,1-2H3,(H2,38,39,41)/b5-4+/t24?,25-,26?,29+,30+/m1/s1. The number of hydrogen-bond donors (Lipinski definition) is 3. The van der Waals surface area contributed by atoms with Gasteiger partial charge in [-0.15, -0.1) is 0 Å². The molecular formula is C32H37F5N2O3. The largest absolute Gasteiger partial charge is 0.456 e. The van der Waals surface area contributed by atoms with Crippen molar-refractivity contribution < 1.29 is 36.6 Å². The van der Waals surface area contributed by atoms with Crippen LogP contribution in [0.15, 0.2) is 53.1 Å². The first-order chi connectivity index (χ1) is 19.7. The molecule has 2 fully saturated rings. The van der Waals surface area contributed by atoms with Gasteiger partial charge in [-0.25, -0.2) is 4.79 Å². The number of carbonyl (C=O) groups excluding carboxylic acids is 2. The summed E-state index contributed by atoms with van der Waals surface area (Å²) >= 11 is 0. The van der Waals surface area contributed by atoms with E-state index in [2.05, 4.69) is 10.6 Å². The van der Waals surface area contributed by atoms with Gasteiger partial charge in [-0.05, 0) is 85.6 Å². The molecule has 2 saturated carbocycles. The molecule has 4 aliphatic rings. The Balaban J connectivity index is 1.52. The third kappa shape index (κ3) is 4.89. The van der Waals surface area contributed by atoms with Crippen LogP contribution in [0.3, 0.4) is 0 Å². The van der Waals surface area contributed by atoms with E-state index in [9.17, 15) is 27.9 Å². The van der Waals surface area contributed by atoms with Gasteiger partial charge in [0.15, 0.2) is 5.78 Å². The van der Waals surface area contributed by atoms with Crippen molar-refractivity contribution in [2.24, 2.45) is 17.3 Å². The van der Waals surface area contributed by atoms with Crippen molar-refractivity contribution >= 4 is 17.9 Å². The molecule has 10 heteroatoms. The van der Waals surface area contributed by atoms with Crippen LogP contribution in [0.1, 0.15) is 75.8 Å². The van der Waals surface area contributed by atoms with Gasteiger partial charge in [0.05, 0.1) is 0 Å². The molecule has 0 bridgehead atoms. The maximum Gasteiger partial charge on any atom is 0.456 e. The number of allylic oxidation sites excluding steroid dienone is 4. The Labute approximate surface area is 242 Å². The Hall–Kier alpha value is -3.01. The van der Waals surface area contributed by atoms with Crippen molar-refractivity contribution in [1.29, 1.82) is 0 Å². The summed E-state index contributed by atoms with van der Waals surface area (Å²) in [6.07, 6.45) is 0.783. The summed E-state index contributed by atoms with van der Waals surface area (Å²) in [4.78, 5) is 23.8. The van der Waals surface area contributed by atoms with Crippen LogP contribution in [0.5, 0.6) is 0 Å². The minimum absolute atomic E-state index is 0.0443. The Morgan fingerprint density at radius 2 is 1.79 bits per heavy atom. The molecule has 2 amide bonds. The lowest BCUT2D eigenvalue weighted by atomic mass is 9.50. The molecule has 42 heavy (non-hydrogen) atoms. The molecule has 228 valence electrons. The molecular weight excluding hydrogens is 555 g/mol. The Morgan fingerprint density at radius 3 is 2.45 bits per heavy atom. The molecule has 4 aliphatic carbocycles. The van der Waals surface area contributed by atoms with Crippen LogP contribution in [0, 0.1) is 17.3 Å². The molecule has 3 N–H and O–H groups in total. The van der Waals surface area contributed by atoms with Crippen molar-refractivity contribution in [2.45, 2.75) is 82.4 Å². The number of ketones is 1. The van der Waals surface area contributed by atoms with E-state index in [1.807, 2.05) is 37.3 Å². The number of amides is 2. The van der Waals surface area contributed by atoms with Gasteiger partial charge in [-0.2, -0.15) is 22.0 Å². The quantitative estimate of drug-likeness (QED) is 0.317. The van der Waals surface area contributed by atoms with Crippen molar-refractivity contribution in [3.8, 4) is 0 Å². The SMILES string of the molecule is CCNC(=O)NC/C=C/c1ccc([C@H]2C[C@@]3(C)C(CC[C@@]3(O)C(F)(F)C(F)(F)F)C3CCC4=CC(=O)CCC4=C32)cc1. The molecule has 0 spiro atoms. The smallest absolute Gasteiger partial charge is 0.383 e. The maximum atomic E-state index is 15.1. The fourth-order valence-corrected chi connectivity index (χ4v) is 8.12. The van der Waals surface area contributed by atoms with E-state index in [4.69, 9.17) is 0 Å². The van der Waals surface area contributed by atoms with Gasteiger partial charge < -0.3 is 15.7 Å². The highest BCUT2D eigenvalue weighted by Gasteiger charge is 2.79. The number of alkyl halides is 5. The average Bonchev–Trinajstić information content (AvgIpc) is 3.21. The van der Waals surface area contributed by atoms with Crippen molar-refractivity contribution in [3.05, 3.63) is 64.3 Å². The van der Waals surface area contributed by atoms with E-state index in [0.717, 1.165) is 27.8 Å². The molecule has 5 rings (SSSR count). The number of fused-ring (bicyclic) bond motifs is 4. The van der Waals surface area contributed by atoms with E-state index < -0.39 is 41.4 Å². The predicted molar refractivity (Wildman–Crippen MR) is 149 cm³/mol. The van der Waals surface area contributed by atoms with Crippen LogP contribution in [-0.4, -0.2) is 47.7 Å². The minimum atomic E-state index is -5.87. The van der Waals surface area contributed by atoms with Crippen LogP contribution in [0.25, 0.3) is 6.08 Å². The van der Waals surface area contributed by atoms with Gasteiger partial charge in [0.1, 0.15) is 5.60 Å². The van der Waals surface area contributed by atoms with E-state index in [1.165, 1.54) is 6.92 Å². The number of halogens is 5. The first kappa shape index (κ1) is 30.4. The number of nitrogens with one attached hydrogen (secondary N) is 2. The highest BCUT2D eigenvalue weighted by molar-refractivity contribution is 5.93. The zero-order valence-corrected chi connectivity index (χ0v) is 23.8. The minimum Gasteiger partial charge on any atom is -0.383 e. The Kier molecular flexibility index (Phi) is 7.92. The zero-order valence-electron chi connectivity index (χ0n) is 23.8. The van der Waals surface area contributed by atoms with Gasteiger partial charge in [-0.1, -0.05) is 48.9 Å². The molecule has 0 heterocycles. The third-order valence-electron chi connectivity index (χ3n) is 10.1. The van der Waals surface area contributed by atoms with E-state index >= 15 is 8.78 Å². The van der Waals surface area contributed by atoms with Crippen LogP contribution in [0.2, 0.25) is 0 Å². The molecule has 5 nitrogen and oxygen atoms in total. The number of hydrogen-bond acceptors (Lipinski definition) is 3. The summed E-state index contributed by atoms with van der Waals surface area (Å²) in [5, 5.41) is 16.7.